The third kappa shape index (κ3) is 4.21. The molecule has 30 heavy (non-hydrogen) atoms. The highest BCUT2D eigenvalue weighted by atomic mass is 16.2. The molecule has 3 rings (SSSR count). The monoisotopic (exact) mass is 414 g/mol. The van der Waals surface area contributed by atoms with E-state index in [1.807, 2.05) is 25.1 Å². The van der Waals surface area contributed by atoms with Gasteiger partial charge in [0.15, 0.2) is 0 Å². The lowest BCUT2D eigenvalue weighted by molar-refractivity contribution is -0.121. The van der Waals surface area contributed by atoms with E-state index in [-0.39, 0.29) is 17.7 Å². The van der Waals surface area contributed by atoms with Crippen LogP contribution in [0.5, 0.6) is 0 Å². The van der Waals surface area contributed by atoms with E-state index in [0.29, 0.717) is 56.1 Å². The number of nitrogens with zero attached hydrogens (tertiary/aromatic N) is 3. The third-order valence-electron chi connectivity index (χ3n) is 6.39. The van der Waals surface area contributed by atoms with Gasteiger partial charge in [0.1, 0.15) is 5.66 Å². The molecule has 1 atom stereocenters. The molecule has 1 unspecified atom stereocenters. The summed E-state index contributed by atoms with van der Waals surface area (Å²) in [6.07, 6.45) is 1.97. The van der Waals surface area contributed by atoms with Crippen LogP contribution >= 0.6 is 0 Å². The molecule has 0 bridgehead atoms. The van der Waals surface area contributed by atoms with Crippen LogP contribution in [0.1, 0.15) is 63.7 Å². The molecule has 0 aliphatic carbocycles. The first kappa shape index (κ1) is 22.3. The highest BCUT2D eigenvalue weighted by Gasteiger charge is 2.52. The molecule has 1 N–H and O–H groups in total. The van der Waals surface area contributed by atoms with Gasteiger partial charge in [-0.2, -0.15) is 0 Å². The standard InChI is InChI=1S/C23H34N4O3/c1-5-25(17(2)3)16-14-24-20(28)11-8-15-26-22(30)18-9-6-7-10-19(18)27-21(29)12-13-23(26,27)4/h6-7,9-10,17H,5,8,11-16H2,1-4H3,(H,24,28). The maximum Gasteiger partial charge on any atom is 0.257 e. The minimum atomic E-state index is -0.655. The van der Waals surface area contributed by atoms with Gasteiger partial charge < -0.3 is 10.2 Å². The highest BCUT2D eigenvalue weighted by molar-refractivity contribution is 6.10. The van der Waals surface area contributed by atoms with Crippen LogP contribution in [0.2, 0.25) is 0 Å². The number of carbonyl (C=O) groups is 3. The Morgan fingerprint density at radius 1 is 1.27 bits per heavy atom. The summed E-state index contributed by atoms with van der Waals surface area (Å²) >= 11 is 0. The Balaban J connectivity index is 1.58. The quantitative estimate of drug-likeness (QED) is 0.674. The second kappa shape index (κ2) is 9.16. The largest absolute Gasteiger partial charge is 0.355 e. The van der Waals surface area contributed by atoms with Crippen LogP contribution in [0.4, 0.5) is 5.69 Å². The summed E-state index contributed by atoms with van der Waals surface area (Å²) in [5.74, 6) is -0.00928. The van der Waals surface area contributed by atoms with Gasteiger partial charge in [-0.1, -0.05) is 19.1 Å². The topological polar surface area (TPSA) is 73.0 Å². The molecule has 7 nitrogen and oxygen atoms in total. The fourth-order valence-corrected chi connectivity index (χ4v) is 4.65. The number of para-hydroxylation sites is 1. The molecule has 1 saturated heterocycles. The van der Waals surface area contributed by atoms with E-state index in [1.165, 1.54) is 0 Å². The van der Waals surface area contributed by atoms with Crippen molar-refractivity contribution in [2.45, 2.75) is 65.1 Å². The van der Waals surface area contributed by atoms with Gasteiger partial charge in [-0.3, -0.25) is 24.2 Å². The summed E-state index contributed by atoms with van der Waals surface area (Å²) < 4.78 is 0. The predicted molar refractivity (Wildman–Crippen MR) is 117 cm³/mol. The fourth-order valence-electron chi connectivity index (χ4n) is 4.65. The smallest absolute Gasteiger partial charge is 0.257 e. The predicted octanol–water partition coefficient (Wildman–Crippen LogP) is 2.61. The van der Waals surface area contributed by atoms with Crippen molar-refractivity contribution in [2.75, 3.05) is 31.1 Å². The number of carbonyl (C=O) groups excluding carboxylic acids is 3. The Morgan fingerprint density at radius 3 is 2.70 bits per heavy atom. The normalized spacial score (nSPS) is 20.7. The van der Waals surface area contributed by atoms with E-state index in [4.69, 9.17) is 0 Å². The molecule has 7 heteroatoms. The van der Waals surface area contributed by atoms with E-state index in [1.54, 1.807) is 15.9 Å². The SMILES string of the molecule is CCN(CCNC(=O)CCCN1C(=O)c2ccccc2N2C(=O)CCC12C)C(C)C. The first-order valence-electron chi connectivity index (χ1n) is 11.0. The van der Waals surface area contributed by atoms with Crippen molar-refractivity contribution in [2.24, 2.45) is 0 Å². The first-order valence-corrected chi connectivity index (χ1v) is 11.0. The van der Waals surface area contributed by atoms with Crippen molar-refractivity contribution in [3.63, 3.8) is 0 Å². The number of benzene rings is 1. The van der Waals surface area contributed by atoms with Gasteiger partial charge in [0, 0.05) is 38.5 Å². The summed E-state index contributed by atoms with van der Waals surface area (Å²) in [4.78, 5) is 43.9. The van der Waals surface area contributed by atoms with E-state index in [0.717, 1.165) is 13.1 Å². The number of nitrogens with one attached hydrogen (secondary N) is 1. The maximum absolute atomic E-state index is 13.2. The average Bonchev–Trinajstić information content (AvgIpc) is 3.03. The number of fused-ring (bicyclic) bond motifs is 3. The molecule has 2 aliphatic heterocycles. The molecule has 0 radical (unpaired) electrons. The van der Waals surface area contributed by atoms with E-state index in [9.17, 15) is 14.4 Å². The zero-order valence-electron chi connectivity index (χ0n) is 18.6. The molecule has 3 amide bonds. The van der Waals surface area contributed by atoms with Crippen molar-refractivity contribution in [1.82, 2.24) is 15.1 Å². The van der Waals surface area contributed by atoms with Crippen LogP contribution in [-0.2, 0) is 9.59 Å². The summed E-state index contributed by atoms with van der Waals surface area (Å²) in [7, 11) is 0. The summed E-state index contributed by atoms with van der Waals surface area (Å²) in [6, 6.07) is 7.75. The molecular weight excluding hydrogens is 380 g/mol. The maximum atomic E-state index is 13.2. The minimum absolute atomic E-state index is 0.00387. The number of hydrogen-bond acceptors (Lipinski definition) is 4. The Morgan fingerprint density at radius 2 is 2.00 bits per heavy atom. The zero-order chi connectivity index (χ0) is 21.9. The Kier molecular flexibility index (Phi) is 6.81. The second-order valence-corrected chi connectivity index (χ2v) is 8.60. The molecular formula is C23H34N4O3. The summed E-state index contributed by atoms with van der Waals surface area (Å²) in [5, 5.41) is 2.98. The lowest BCUT2D eigenvalue weighted by Crippen LogP contribution is -2.62. The third-order valence-corrected chi connectivity index (χ3v) is 6.39. The van der Waals surface area contributed by atoms with Crippen LogP contribution in [-0.4, -0.2) is 65.4 Å². The fraction of sp³-hybridized carbons (Fsp3) is 0.609. The van der Waals surface area contributed by atoms with Crippen LogP contribution in [0.3, 0.4) is 0 Å². The lowest BCUT2D eigenvalue weighted by atomic mass is 9.98. The van der Waals surface area contributed by atoms with Gasteiger partial charge >= 0.3 is 0 Å². The molecule has 1 aromatic rings. The van der Waals surface area contributed by atoms with Gasteiger partial charge in [-0.15, -0.1) is 0 Å². The molecule has 0 spiro atoms. The zero-order valence-corrected chi connectivity index (χ0v) is 18.6. The molecule has 0 saturated carbocycles. The van der Waals surface area contributed by atoms with Crippen LogP contribution < -0.4 is 10.2 Å². The van der Waals surface area contributed by atoms with E-state index >= 15 is 0 Å². The number of rotatable bonds is 9. The number of hydrogen-bond donors (Lipinski definition) is 1. The Bertz CT molecular complexity index is 809. The molecule has 2 heterocycles. The van der Waals surface area contributed by atoms with Gasteiger partial charge in [0.25, 0.3) is 5.91 Å². The number of anilines is 1. The summed E-state index contributed by atoms with van der Waals surface area (Å²) in [5.41, 5.74) is 0.605. The second-order valence-electron chi connectivity index (χ2n) is 8.60. The Hall–Kier alpha value is -2.41. The lowest BCUT2D eigenvalue weighted by Gasteiger charge is -2.48. The van der Waals surface area contributed by atoms with Gasteiger partial charge in [0.05, 0.1) is 11.3 Å². The van der Waals surface area contributed by atoms with Crippen molar-refractivity contribution in [3.05, 3.63) is 29.8 Å². The van der Waals surface area contributed by atoms with Gasteiger partial charge in [0.2, 0.25) is 11.8 Å². The van der Waals surface area contributed by atoms with E-state index < -0.39 is 5.66 Å². The Labute approximate surface area is 179 Å². The molecule has 1 fully saturated rings. The highest BCUT2D eigenvalue weighted by Crippen LogP contribution is 2.43. The van der Waals surface area contributed by atoms with Gasteiger partial charge in [-0.05, 0) is 52.3 Å². The molecule has 2 aliphatic rings. The van der Waals surface area contributed by atoms with E-state index in [2.05, 4.69) is 31.0 Å². The van der Waals surface area contributed by atoms with Crippen LogP contribution in [0.25, 0.3) is 0 Å². The average molecular weight is 415 g/mol. The van der Waals surface area contributed by atoms with Crippen LogP contribution in [0, 0.1) is 0 Å². The van der Waals surface area contributed by atoms with Crippen LogP contribution in [0.15, 0.2) is 24.3 Å². The molecule has 1 aromatic carbocycles. The van der Waals surface area contributed by atoms with Crippen molar-refractivity contribution in [1.29, 1.82) is 0 Å². The first-order chi connectivity index (χ1) is 14.3. The molecule has 164 valence electrons. The van der Waals surface area contributed by atoms with Gasteiger partial charge in [-0.25, -0.2) is 0 Å². The number of likely N-dealkylation sites (N-methyl/N-ethyl adjacent to an activating group) is 1. The van der Waals surface area contributed by atoms with Crippen molar-refractivity contribution in [3.8, 4) is 0 Å². The van der Waals surface area contributed by atoms with Crippen molar-refractivity contribution < 1.29 is 14.4 Å². The number of amides is 3. The van der Waals surface area contributed by atoms with Crippen molar-refractivity contribution >= 4 is 23.4 Å². The summed E-state index contributed by atoms with van der Waals surface area (Å²) in [6.45, 7) is 11.2. The minimum Gasteiger partial charge on any atom is -0.355 e. The molecule has 0 aromatic heterocycles.